The molecule has 0 bridgehead atoms. The topological polar surface area (TPSA) is 116 Å². The number of amides is 1. The van der Waals surface area contributed by atoms with Crippen LogP contribution in [0.2, 0.25) is 0 Å². The highest BCUT2D eigenvalue weighted by Crippen LogP contribution is 2.34. The van der Waals surface area contributed by atoms with E-state index in [1.54, 1.807) is 6.92 Å². The second kappa shape index (κ2) is 10.0. The van der Waals surface area contributed by atoms with Crippen molar-refractivity contribution in [1.82, 2.24) is 10.2 Å². The van der Waals surface area contributed by atoms with E-state index in [4.69, 9.17) is 4.74 Å². The minimum atomic E-state index is -1.03. The van der Waals surface area contributed by atoms with Crippen molar-refractivity contribution in [2.24, 2.45) is 11.8 Å². The van der Waals surface area contributed by atoms with Crippen LogP contribution in [-0.2, 0) is 25.5 Å². The number of benzene rings is 1. The first-order valence-corrected chi connectivity index (χ1v) is 10.5. The Bertz CT molecular complexity index is 755. The van der Waals surface area contributed by atoms with Crippen molar-refractivity contribution in [2.75, 3.05) is 19.8 Å². The van der Waals surface area contributed by atoms with E-state index < -0.39 is 30.1 Å². The average molecular weight is 418 g/mol. The van der Waals surface area contributed by atoms with E-state index in [2.05, 4.69) is 5.32 Å². The summed E-state index contributed by atoms with van der Waals surface area (Å²) in [4.78, 5) is 38.0. The van der Waals surface area contributed by atoms with Gasteiger partial charge in [0.15, 0.2) is 0 Å². The van der Waals surface area contributed by atoms with E-state index in [0.29, 0.717) is 39.0 Å². The second-order valence-electron chi connectivity index (χ2n) is 8.27. The molecule has 2 aliphatic rings. The monoisotopic (exact) mass is 418 g/mol. The number of nitrogens with one attached hydrogen (secondary N) is 1. The Hall–Kier alpha value is -2.45. The maximum Gasteiger partial charge on any atom is 0.326 e. The number of piperidine rings is 1. The molecule has 0 radical (unpaired) electrons. The predicted molar refractivity (Wildman–Crippen MR) is 109 cm³/mol. The van der Waals surface area contributed by atoms with Crippen molar-refractivity contribution >= 4 is 17.8 Å². The Kier molecular flexibility index (Phi) is 7.44. The van der Waals surface area contributed by atoms with E-state index in [9.17, 15) is 24.6 Å². The van der Waals surface area contributed by atoms with Crippen molar-refractivity contribution in [1.29, 1.82) is 0 Å². The first kappa shape index (κ1) is 22.2. The molecule has 5 atom stereocenters. The molecule has 8 heteroatoms. The van der Waals surface area contributed by atoms with Crippen LogP contribution < -0.4 is 5.32 Å². The summed E-state index contributed by atoms with van der Waals surface area (Å²) in [7, 11) is 0. The number of fused-ring (bicyclic) bond motifs is 1. The summed E-state index contributed by atoms with van der Waals surface area (Å²) >= 11 is 0. The summed E-state index contributed by atoms with van der Waals surface area (Å²) in [5.74, 6) is -2.06. The molecule has 1 aromatic rings. The zero-order valence-corrected chi connectivity index (χ0v) is 17.2. The Labute approximate surface area is 176 Å². The van der Waals surface area contributed by atoms with Gasteiger partial charge in [0.05, 0.1) is 12.6 Å². The third-order valence-corrected chi connectivity index (χ3v) is 6.22. The molecule has 0 aliphatic carbocycles. The number of hydrogen-bond acceptors (Lipinski definition) is 5. The lowest BCUT2D eigenvalue weighted by Crippen LogP contribution is -2.60. The average Bonchev–Trinajstić information content (AvgIpc) is 2.75. The van der Waals surface area contributed by atoms with Gasteiger partial charge >= 0.3 is 11.9 Å². The van der Waals surface area contributed by atoms with Crippen molar-refractivity contribution in [3.63, 3.8) is 0 Å². The van der Waals surface area contributed by atoms with Gasteiger partial charge in [0.25, 0.3) is 0 Å². The summed E-state index contributed by atoms with van der Waals surface area (Å²) in [5.41, 5.74) is 1.02. The molecular formula is C22H30N2O6. The van der Waals surface area contributed by atoms with Crippen LogP contribution in [-0.4, -0.2) is 70.8 Å². The lowest BCUT2D eigenvalue weighted by Gasteiger charge is -2.45. The van der Waals surface area contributed by atoms with E-state index in [0.717, 1.165) is 12.0 Å². The zero-order valence-electron chi connectivity index (χ0n) is 17.2. The quantitative estimate of drug-likeness (QED) is 0.584. The third-order valence-electron chi connectivity index (χ3n) is 6.22. The molecule has 3 unspecified atom stereocenters. The minimum absolute atomic E-state index is 0.124. The van der Waals surface area contributed by atoms with Crippen LogP contribution in [0.15, 0.2) is 30.3 Å². The van der Waals surface area contributed by atoms with Gasteiger partial charge in [-0.25, -0.2) is 4.79 Å². The van der Waals surface area contributed by atoms with Gasteiger partial charge in [0.2, 0.25) is 5.91 Å². The molecule has 3 rings (SSSR count). The maximum absolute atomic E-state index is 13.1. The van der Waals surface area contributed by atoms with Gasteiger partial charge in [-0.05, 0) is 44.1 Å². The smallest absolute Gasteiger partial charge is 0.326 e. The van der Waals surface area contributed by atoms with Crippen molar-refractivity contribution in [3.8, 4) is 0 Å². The van der Waals surface area contributed by atoms with Crippen LogP contribution in [0.3, 0.4) is 0 Å². The molecule has 0 spiro atoms. The normalized spacial score (nSPS) is 25.8. The first-order valence-electron chi connectivity index (χ1n) is 10.5. The third kappa shape index (κ3) is 5.37. The Balaban J connectivity index is 1.64. The minimum Gasteiger partial charge on any atom is -0.480 e. The zero-order chi connectivity index (χ0) is 21.7. The summed E-state index contributed by atoms with van der Waals surface area (Å²) in [6.45, 7) is 3.08. The number of nitrogens with zero attached hydrogens (tertiary/aromatic N) is 1. The molecule has 3 N–H and O–H groups in total. The van der Waals surface area contributed by atoms with Gasteiger partial charge in [-0.3, -0.25) is 14.9 Å². The fraction of sp³-hybridized carbons (Fsp3) is 0.591. The van der Waals surface area contributed by atoms with Crippen molar-refractivity contribution in [2.45, 2.75) is 50.7 Å². The number of ether oxygens (including phenoxy) is 1. The number of rotatable bonds is 8. The maximum atomic E-state index is 13.1. The number of carbonyl (C=O) groups excluding carboxylic acids is 1. The molecule has 2 aliphatic heterocycles. The van der Waals surface area contributed by atoms with Gasteiger partial charge in [-0.2, -0.15) is 0 Å². The molecule has 164 valence electrons. The number of hydrogen-bond donors (Lipinski definition) is 3. The molecule has 30 heavy (non-hydrogen) atoms. The largest absolute Gasteiger partial charge is 0.480 e. The van der Waals surface area contributed by atoms with E-state index in [-0.39, 0.29) is 17.7 Å². The molecule has 0 saturated carbocycles. The van der Waals surface area contributed by atoms with E-state index >= 15 is 0 Å². The SMILES string of the molecule is CC(N[C@@H](CCc1ccccc1)C(=O)O)C(=O)N1CC2COCCC2C[C@H]1C(=O)O. The predicted octanol–water partition coefficient (Wildman–Crippen LogP) is 1.39. The van der Waals surface area contributed by atoms with E-state index in [1.807, 2.05) is 30.3 Å². The highest BCUT2D eigenvalue weighted by molar-refractivity contribution is 5.87. The summed E-state index contributed by atoms with van der Waals surface area (Å²) in [6.07, 6.45) is 2.12. The van der Waals surface area contributed by atoms with Crippen molar-refractivity contribution in [3.05, 3.63) is 35.9 Å². The number of aliphatic carboxylic acids is 2. The summed E-state index contributed by atoms with van der Waals surface area (Å²) < 4.78 is 5.51. The standard InChI is InChI=1S/C22H30N2O6/c1-14(23-18(21(26)27)8-7-15-5-3-2-4-6-15)20(25)24-12-17-13-30-10-9-16(17)11-19(24)22(28)29/h2-6,14,16-19,23H,7-13H2,1H3,(H,26,27)(H,28,29)/t14?,16?,17?,18-,19-/m0/s1. The Morgan fingerprint density at radius 1 is 1.20 bits per heavy atom. The molecule has 8 nitrogen and oxygen atoms in total. The van der Waals surface area contributed by atoms with Gasteiger partial charge in [-0.1, -0.05) is 30.3 Å². The van der Waals surface area contributed by atoms with Crippen LogP contribution in [0.4, 0.5) is 0 Å². The number of carboxylic acids is 2. The molecule has 2 heterocycles. The molecule has 1 aromatic carbocycles. The fourth-order valence-corrected chi connectivity index (χ4v) is 4.48. The van der Waals surface area contributed by atoms with Crippen LogP contribution in [0.1, 0.15) is 31.7 Å². The van der Waals surface area contributed by atoms with E-state index in [1.165, 1.54) is 4.90 Å². The fourth-order valence-electron chi connectivity index (χ4n) is 4.48. The lowest BCUT2D eigenvalue weighted by atomic mass is 9.79. The molecule has 2 saturated heterocycles. The van der Waals surface area contributed by atoms with Crippen LogP contribution in [0.5, 0.6) is 0 Å². The highest BCUT2D eigenvalue weighted by Gasteiger charge is 2.43. The summed E-state index contributed by atoms with van der Waals surface area (Å²) in [6, 6.07) is 6.98. The van der Waals surface area contributed by atoms with Crippen molar-refractivity contribution < 1.29 is 29.3 Å². The number of aryl methyl sites for hydroxylation is 1. The van der Waals surface area contributed by atoms with Gasteiger partial charge < -0.3 is 19.8 Å². The van der Waals surface area contributed by atoms with Gasteiger partial charge in [0, 0.05) is 19.1 Å². The first-order chi connectivity index (χ1) is 14.4. The van der Waals surface area contributed by atoms with Crippen LogP contribution in [0, 0.1) is 11.8 Å². The number of likely N-dealkylation sites (tertiary alicyclic amines) is 1. The lowest BCUT2D eigenvalue weighted by molar-refractivity contribution is -0.159. The number of carboxylic acid groups (broad SMARTS) is 2. The summed E-state index contributed by atoms with van der Waals surface area (Å²) in [5, 5.41) is 22.2. The van der Waals surface area contributed by atoms with Crippen LogP contribution in [0.25, 0.3) is 0 Å². The number of carbonyl (C=O) groups is 3. The molecule has 0 aromatic heterocycles. The van der Waals surface area contributed by atoms with Gasteiger partial charge in [0.1, 0.15) is 12.1 Å². The second-order valence-corrected chi connectivity index (χ2v) is 8.27. The Morgan fingerprint density at radius 2 is 1.93 bits per heavy atom. The molecule has 2 fully saturated rings. The molecule has 1 amide bonds. The van der Waals surface area contributed by atoms with Gasteiger partial charge in [-0.15, -0.1) is 0 Å². The highest BCUT2D eigenvalue weighted by atomic mass is 16.5. The Morgan fingerprint density at radius 3 is 2.60 bits per heavy atom. The molecular weight excluding hydrogens is 388 g/mol. The van der Waals surface area contributed by atoms with Crippen LogP contribution >= 0.6 is 0 Å².